The number of benzene rings is 1. The van der Waals surface area contributed by atoms with Crippen LogP contribution in [-0.4, -0.2) is 42.5 Å². The molecule has 8 nitrogen and oxygen atoms in total. The van der Waals surface area contributed by atoms with Gasteiger partial charge in [0.25, 0.3) is 5.69 Å². The molecule has 0 fully saturated rings. The van der Waals surface area contributed by atoms with Gasteiger partial charge in [0.2, 0.25) is 5.91 Å². The molecule has 0 aromatic heterocycles. The number of nitrogens with one attached hydrogen (secondary N) is 1. The van der Waals surface area contributed by atoms with Crippen LogP contribution >= 0.6 is 0 Å². The molecule has 0 bridgehead atoms. The summed E-state index contributed by atoms with van der Waals surface area (Å²) < 4.78 is 0. The lowest BCUT2D eigenvalue weighted by Gasteiger charge is -2.18. The third kappa shape index (κ3) is 3.67. The molecule has 0 heterocycles. The summed E-state index contributed by atoms with van der Waals surface area (Å²) in [5, 5.41) is 22.3. The first-order valence-corrected chi connectivity index (χ1v) is 5.80. The van der Waals surface area contributed by atoms with E-state index in [2.05, 4.69) is 5.32 Å². The van der Waals surface area contributed by atoms with E-state index in [1.807, 2.05) is 0 Å². The van der Waals surface area contributed by atoms with Gasteiger partial charge in [-0.05, 0) is 12.1 Å². The van der Waals surface area contributed by atoms with E-state index in [4.69, 9.17) is 5.11 Å². The van der Waals surface area contributed by atoms with E-state index in [1.54, 1.807) is 11.9 Å². The Morgan fingerprint density at radius 3 is 2.60 bits per heavy atom. The predicted molar refractivity (Wildman–Crippen MR) is 72.0 cm³/mol. The molecule has 1 aromatic rings. The van der Waals surface area contributed by atoms with Crippen molar-refractivity contribution in [3.63, 3.8) is 0 Å². The topological polar surface area (TPSA) is 113 Å². The highest BCUT2D eigenvalue weighted by Gasteiger charge is 2.20. The molecule has 8 heteroatoms. The van der Waals surface area contributed by atoms with Gasteiger partial charge in [-0.1, -0.05) is 0 Å². The van der Waals surface area contributed by atoms with Gasteiger partial charge < -0.3 is 15.3 Å². The second kappa shape index (κ2) is 6.50. The molecule has 0 aliphatic heterocycles. The third-order valence-corrected chi connectivity index (χ3v) is 2.78. The maximum Gasteiger partial charge on any atom is 0.335 e. The van der Waals surface area contributed by atoms with E-state index in [0.29, 0.717) is 0 Å². The standard InChI is InChI=1S/C12H15N3O5/c1-13-11(16)5-6-14(2)9-4-3-8(12(17)18)7-10(9)15(19)20/h3-4,7H,5-6H2,1-2H3,(H,13,16)(H,17,18). The SMILES string of the molecule is CNC(=O)CCN(C)c1ccc(C(=O)O)cc1[N+](=O)[O-]. The maximum absolute atomic E-state index is 11.2. The predicted octanol–water partition coefficient (Wildman–Crippen LogP) is 0.865. The lowest BCUT2D eigenvalue weighted by Crippen LogP contribution is -2.26. The molecular formula is C12H15N3O5. The number of nitro benzene ring substituents is 1. The fourth-order valence-electron chi connectivity index (χ4n) is 1.64. The number of nitrogens with zero attached hydrogens (tertiary/aromatic N) is 2. The zero-order valence-electron chi connectivity index (χ0n) is 11.1. The zero-order valence-corrected chi connectivity index (χ0v) is 11.1. The summed E-state index contributed by atoms with van der Waals surface area (Å²) in [5.74, 6) is -1.41. The minimum Gasteiger partial charge on any atom is -0.478 e. The smallest absolute Gasteiger partial charge is 0.335 e. The Morgan fingerprint density at radius 2 is 2.10 bits per heavy atom. The van der Waals surface area contributed by atoms with Gasteiger partial charge in [0.05, 0.1) is 10.5 Å². The molecular weight excluding hydrogens is 266 g/mol. The molecule has 2 N–H and O–H groups in total. The first kappa shape index (κ1) is 15.4. The molecule has 0 atom stereocenters. The zero-order chi connectivity index (χ0) is 15.3. The normalized spacial score (nSPS) is 9.90. The number of carbonyl (C=O) groups excluding carboxylic acids is 1. The number of aromatic carboxylic acids is 1. The highest BCUT2D eigenvalue weighted by molar-refractivity contribution is 5.89. The van der Waals surface area contributed by atoms with Crippen LogP contribution in [0, 0.1) is 10.1 Å². The molecule has 0 aliphatic carbocycles. The molecule has 20 heavy (non-hydrogen) atoms. The Kier molecular flexibility index (Phi) is 5.01. The number of hydrogen-bond donors (Lipinski definition) is 2. The van der Waals surface area contributed by atoms with Crippen LogP contribution in [0.4, 0.5) is 11.4 Å². The van der Waals surface area contributed by atoms with Crippen molar-refractivity contribution in [2.75, 3.05) is 25.5 Å². The van der Waals surface area contributed by atoms with E-state index in [-0.39, 0.29) is 35.8 Å². The van der Waals surface area contributed by atoms with Gasteiger partial charge >= 0.3 is 5.97 Å². The van der Waals surface area contributed by atoms with Crippen LogP contribution in [0.15, 0.2) is 18.2 Å². The van der Waals surface area contributed by atoms with Crippen LogP contribution < -0.4 is 10.2 Å². The molecule has 0 unspecified atom stereocenters. The summed E-state index contributed by atoms with van der Waals surface area (Å²) in [7, 11) is 3.11. The summed E-state index contributed by atoms with van der Waals surface area (Å²) in [4.78, 5) is 33.9. The number of carbonyl (C=O) groups is 2. The van der Waals surface area contributed by atoms with E-state index < -0.39 is 10.9 Å². The van der Waals surface area contributed by atoms with E-state index in [1.165, 1.54) is 19.2 Å². The molecule has 0 saturated carbocycles. The number of rotatable bonds is 6. The minimum atomic E-state index is -1.23. The van der Waals surface area contributed by atoms with Crippen molar-refractivity contribution in [2.45, 2.75) is 6.42 Å². The van der Waals surface area contributed by atoms with Crippen molar-refractivity contribution in [2.24, 2.45) is 0 Å². The Bertz CT molecular complexity index is 544. The average molecular weight is 281 g/mol. The monoisotopic (exact) mass is 281 g/mol. The lowest BCUT2D eigenvalue weighted by molar-refractivity contribution is -0.384. The summed E-state index contributed by atoms with van der Waals surface area (Å²) in [6, 6.07) is 3.67. The molecule has 1 aromatic carbocycles. The van der Waals surface area contributed by atoms with Gasteiger partial charge in [0.1, 0.15) is 5.69 Å². The van der Waals surface area contributed by atoms with E-state index >= 15 is 0 Å². The van der Waals surface area contributed by atoms with Crippen LogP contribution in [0.3, 0.4) is 0 Å². The van der Waals surface area contributed by atoms with Crippen LogP contribution in [0.25, 0.3) is 0 Å². The molecule has 108 valence electrons. The Morgan fingerprint density at radius 1 is 1.45 bits per heavy atom. The third-order valence-electron chi connectivity index (χ3n) is 2.78. The van der Waals surface area contributed by atoms with Crippen molar-refractivity contribution >= 4 is 23.3 Å². The summed E-state index contributed by atoms with van der Waals surface area (Å²) >= 11 is 0. The van der Waals surface area contributed by atoms with E-state index in [9.17, 15) is 19.7 Å². The van der Waals surface area contributed by atoms with Crippen molar-refractivity contribution in [3.8, 4) is 0 Å². The second-order valence-corrected chi connectivity index (χ2v) is 4.11. The van der Waals surface area contributed by atoms with E-state index in [0.717, 1.165) is 6.07 Å². The van der Waals surface area contributed by atoms with Crippen molar-refractivity contribution in [1.82, 2.24) is 5.32 Å². The number of carboxylic acids is 1. The summed E-state index contributed by atoms with van der Waals surface area (Å²) in [5.41, 5.74) is -0.187. The van der Waals surface area contributed by atoms with Gasteiger partial charge in [-0.2, -0.15) is 0 Å². The van der Waals surface area contributed by atoms with Crippen LogP contribution in [0.1, 0.15) is 16.8 Å². The first-order chi connectivity index (χ1) is 9.36. The molecule has 1 rings (SSSR count). The minimum absolute atomic E-state index is 0.153. The Labute approximate surface area is 115 Å². The number of hydrogen-bond acceptors (Lipinski definition) is 5. The first-order valence-electron chi connectivity index (χ1n) is 5.80. The van der Waals surface area contributed by atoms with Gasteiger partial charge in [0.15, 0.2) is 0 Å². The maximum atomic E-state index is 11.2. The van der Waals surface area contributed by atoms with Crippen molar-refractivity contribution < 1.29 is 19.6 Å². The summed E-state index contributed by atoms with van der Waals surface area (Å²) in [6.07, 6.45) is 0.185. The molecule has 0 aliphatic rings. The number of amides is 1. The van der Waals surface area contributed by atoms with Crippen LogP contribution in [0.5, 0.6) is 0 Å². The van der Waals surface area contributed by atoms with Gasteiger partial charge in [-0.15, -0.1) is 0 Å². The molecule has 0 saturated heterocycles. The van der Waals surface area contributed by atoms with Crippen molar-refractivity contribution in [3.05, 3.63) is 33.9 Å². The fourth-order valence-corrected chi connectivity index (χ4v) is 1.64. The summed E-state index contributed by atoms with van der Waals surface area (Å²) in [6.45, 7) is 0.285. The number of nitro groups is 1. The van der Waals surface area contributed by atoms with Gasteiger partial charge in [-0.3, -0.25) is 14.9 Å². The number of anilines is 1. The van der Waals surface area contributed by atoms with Crippen LogP contribution in [0.2, 0.25) is 0 Å². The molecule has 1 amide bonds. The fraction of sp³-hybridized carbons (Fsp3) is 0.333. The molecule has 0 spiro atoms. The van der Waals surface area contributed by atoms with Crippen LogP contribution in [-0.2, 0) is 4.79 Å². The average Bonchev–Trinajstić information content (AvgIpc) is 2.43. The van der Waals surface area contributed by atoms with Gasteiger partial charge in [-0.25, -0.2) is 4.79 Å². The Hall–Kier alpha value is -2.64. The van der Waals surface area contributed by atoms with Gasteiger partial charge in [0, 0.05) is 33.1 Å². The molecule has 0 radical (unpaired) electrons. The largest absolute Gasteiger partial charge is 0.478 e. The van der Waals surface area contributed by atoms with Crippen molar-refractivity contribution in [1.29, 1.82) is 0 Å². The highest BCUT2D eigenvalue weighted by Crippen LogP contribution is 2.28. The second-order valence-electron chi connectivity index (χ2n) is 4.11. The quantitative estimate of drug-likeness (QED) is 0.590. The number of carboxylic acid groups (broad SMARTS) is 1. The lowest BCUT2D eigenvalue weighted by atomic mass is 10.1. The Balaban J connectivity index is 3.01. The highest BCUT2D eigenvalue weighted by atomic mass is 16.6.